The number of alkyl halides is 24. The SMILES string of the molecule is FC(F)(F)c1cc([B-](c2cc(C(F)(F)F)cc(C(F)(F)F)c2)(c2cc(C(F)(F)F)cc(C(F)(F)F)c2)c2cc(C(F)(F)F)cc(C(F)(F)F)c2)cc(C(F)(F)F)c1.[N-]=[N+]=Nc1cccc(OC(=O)c2cncc[n+]2CC(=O)c2ccccc2)c1. The minimum Gasteiger partial charge on any atom is -0.419 e. The highest BCUT2D eigenvalue weighted by molar-refractivity contribution is 7.20. The molecular weight excluding hydrogens is 1200 g/mol. The van der Waals surface area contributed by atoms with Gasteiger partial charge in [-0.15, -0.1) is 0 Å². The van der Waals surface area contributed by atoms with Gasteiger partial charge in [0.1, 0.15) is 18.1 Å². The zero-order chi connectivity index (χ0) is 63.0. The number of rotatable bonds is 10. The average molecular weight is 1220 g/mol. The quantitative estimate of drug-likeness (QED) is 0.0156. The number of carbonyl (C=O) groups is 2. The third-order valence-corrected chi connectivity index (χ3v) is 12.1. The van der Waals surface area contributed by atoms with E-state index in [1.165, 1.54) is 29.2 Å². The summed E-state index contributed by atoms with van der Waals surface area (Å²) in [6, 6.07) is 6.17. The van der Waals surface area contributed by atoms with Gasteiger partial charge in [-0.05, 0) is 41.9 Å². The first-order valence-corrected chi connectivity index (χ1v) is 22.6. The largest absolute Gasteiger partial charge is 0.419 e. The standard InChI is InChI=1S/C32H12BF24.C19H14N5O3/c34-25(35,36)13-1-14(26(37,38)39)6-21(5-13)33(22-7-15(27(40,41)42)2-16(8-22)28(43,44)45,23-9-17(29(46,47)48)3-18(10-23)30(49,50)51)24-11-19(31(52,53)54)4-20(12-24)32(55,56)57;20-23-22-15-7-4-8-16(11-15)27-19(26)17-12-21-9-10-24(17)13-18(25)14-5-2-1-3-6-14/h1-12H;1-12H,13H2/q-1;+1. The molecule has 0 saturated carbocycles. The van der Waals surface area contributed by atoms with Gasteiger partial charge in [0, 0.05) is 16.2 Å². The van der Waals surface area contributed by atoms with Crippen LogP contribution in [0.15, 0.2) is 151 Å². The van der Waals surface area contributed by atoms with Gasteiger partial charge in [-0.25, -0.2) is 4.79 Å². The van der Waals surface area contributed by atoms with Crippen LogP contribution in [-0.2, 0) is 56.0 Å². The maximum atomic E-state index is 14.2. The molecule has 0 spiro atoms. The summed E-state index contributed by atoms with van der Waals surface area (Å²) in [5.41, 5.74) is -20.7. The van der Waals surface area contributed by atoms with E-state index in [1.807, 2.05) is 6.07 Å². The third-order valence-electron chi connectivity index (χ3n) is 12.1. The molecule has 0 saturated heterocycles. The van der Waals surface area contributed by atoms with Crippen molar-refractivity contribution in [3.05, 3.63) is 212 Å². The molecule has 33 heteroatoms. The van der Waals surface area contributed by atoms with Crippen molar-refractivity contribution < 1.29 is 124 Å². The predicted octanol–water partition coefficient (Wildman–Crippen LogP) is 14.6. The van der Waals surface area contributed by atoms with E-state index in [4.69, 9.17) is 10.3 Å². The lowest BCUT2D eigenvalue weighted by Gasteiger charge is -2.46. The molecule has 444 valence electrons. The van der Waals surface area contributed by atoms with Crippen LogP contribution in [0.2, 0.25) is 0 Å². The van der Waals surface area contributed by atoms with E-state index in [0.717, 1.165) is 0 Å². The Balaban J connectivity index is 0.000000347. The van der Waals surface area contributed by atoms with Crippen molar-refractivity contribution >= 4 is 45.4 Å². The highest BCUT2D eigenvalue weighted by Crippen LogP contribution is 2.41. The molecule has 0 aliphatic carbocycles. The molecule has 1 heterocycles. The summed E-state index contributed by atoms with van der Waals surface area (Å²) >= 11 is 0. The Morgan fingerprint density at radius 2 is 0.798 bits per heavy atom. The normalized spacial score (nSPS) is 12.9. The van der Waals surface area contributed by atoms with Gasteiger partial charge in [0.25, 0.3) is 0 Å². The number of azide groups is 1. The van der Waals surface area contributed by atoms with Gasteiger partial charge < -0.3 is 4.74 Å². The molecule has 0 aliphatic rings. The van der Waals surface area contributed by atoms with Crippen LogP contribution in [0.5, 0.6) is 5.75 Å². The van der Waals surface area contributed by atoms with Gasteiger partial charge in [-0.3, -0.25) is 9.78 Å². The van der Waals surface area contributed by atoms with E-state index in [0.29, 0.717) is 11.3 Å². The zero-order valence-corrected chi connectivity index (χ0v) is 40.7. The second-order valence-electron chi connectivity index (χ2n) is 17.7. The number of halogens is 24. The first-order chi connectivity index (χ1) is 38.4. The molecule has 0 atom stereocenters. The fourth-order valence-corrected chi connectivity index (χ4v) is 8.46. The first kappa shape index (κ1) is 64.4. The maximum Gasteiger partial charge on any atom is 0.416 e. The molecule has 0 N–H and O–H groups in total. The van der Waals surface area contributed by atoms with Crippen LogP contribution in [0.1, 0.15) is 65.4 Å². The number of hydrogen-bond acceptors (Lipinski definition) is 5. The predicted molar refractivity (Wildman–Crippen MR) is 245 cm³/mol. The molecule has 0 radical (unpaired) electrons. The molecule has 84 heavy (non-hydrogen) atoms. The lowest BCUT2D eigenvalue weighted by molar-refractivity contribution is -0.686. The highest BCUT2D eigenvalue weighted by atomic mass is 19.4. The van der Waals surface area contributed by atoms with E-state index in [9.17, 15) is 115 Å². The molecule has 0 amide bonds. The molecule has 1 aromatic heterocycles. The van der Waals surface area contributed by atoms with Gasteiger partial charge in [0.15, 0.2) is 6.20 Å². The fourth-order valence-electron chi connectivity index (χ4n) is 8.46. The van der Waals surface area contributed by atoms with Crippen LogP contribution in [-0.4, -0.2) is 22.9 Å². The van der Waals surface area contributed by atoms with Crippen LogP contribution < -0.4 is 31.2 Å². The fraction of sp³-hybridized carbons (Fsp3) is 0.176. The summed E-state index contributed by atoms with van der Waals surface area (Å²) < 4.78 is 348. The van der Waals surface area contributed by atoms with E-state index in [1.54, 1.807) is 42.5 Å². The van der Waals surface area contributed by atoms with Gasteiger partial charge in [0.2, 0.25) is 12.3 Å². The maximum absolute atomic E-state index is 14.2. The van der Waals surface area contributed by atoms with E-state index in [-0.39, 0.29) is 23.8 Å². The Morgan fingerprint density at radius 1 is 0.464 bits per heavy atom. The summed E-state index contributed by atoms with van der Waals surface area (Å²) in [5.74, 6) is -0.608. The lowest BCUT2D eigenvalue weighted by Crippen LogP contribution is -2.75. The lowest BCUT2D eigenvalue weighted by atomic mass is 9.12. The minimum absolute atomic E-state index is 0.0320. The summed E-state index contributed by atoms with van der Waals surface area (Å²) in [7, 11) is 0. The Hall–Kier alpha value is -8.77. The Labute approximate surface area is 453 Å². The Bertz CT molecular complexity index is 3200. The van der Waals surface area contributed by atoms with Crippen LogP contribution in [0, 0.1) is 0 Å². The number of ketones is 1. The molecule has 7 rings (SSSR count). The molecule has 0 fully saturated rings. The molecule has 0 aliphatic heterocycles. The number of Topliss-reactive ketones (excluding diaryl/α,β-unsaturated/α-hetero) is 1. The van der Waals surface area contributed by atoms with Crippen molar-refractivity contribution in [2.45, 2.75) is 56.0 Å². The smallest absolute Gasteiger partial charge is 0.416 e. The number of aromatic nitrogens is 2. The number of nitrogens with zero attached hydrogens (tertiary/aromatic N) is 5. The van der Waals surface area contributed by atoms with Crippen molar-refractivity contribution in [3.8, 4) is 5.75 Å². The van der Waals surface area contributed by atoms with Crippen LogP contribution in [0.4, 0.5) is 111 Å². The summed E-state index contributed by atoms with van der Waals surface area (Å²) in [6.07, 6.45) is -50.5. The molecular formula is C51H26BF24N5O3. The number of benzene rings is 6. The van der Waals surface area contributed by atoms with Crippen molar-refractivity contribution in [2.75, 3.05) is 0 Å². The highest BCUT2D eigenvalue weighted by Gasteiger charge is 2.47. The average Bonchev–Trinajstić information content (AvgIpc) is 0.750. The molecule has 7 aromatic rings. The second-order valence-corrected chi connectivity index (χ2v) is 17.7. The Kier molecular flexibility index (Phi) is 17.7. The van der Waals surface area contributed by atoms with Gasteiger partial charge in [0.05, 0.1) is 50.7 Å². The van der Waals surface area contributed by atoms with Crippen LogP contribution in [0.25, 0.3) is 10.4 Å². The number of esters is 1. The van der Waals surface area contributed by atoms with Gasteiger partial charge >= 0.3 is 61.1 Å². The van der Waals surface area contributed by atoms with Crippen LogP contribution >= 0.6 is 0 Å². The monoisotopic (exact) mass is 1220 g/mol. The molecule has 0 bridgehead atoms. The van der Waals surface area contributed by atoms with E-state index < -0.39 is 201 Å². The first-order valence-electron chi connectivity index (χ1n) is 22.6. The number of ether oxygens (including phenoxy) is 1. The molecule has 8 nitrogen and oxygen atoms in total. The number of hydrogen-bond donors (Lipinski definition) is 0. The third kappa shape index (κ3) is 15.1. The molecule has 0 unspecified atom stereocenters. The summed E-state index contributed by atoms with van der Waals surface area (Å²) in [6.45, 7) is -0.0320. The van der Waals surface area contributed by atoms with Gasteiger partial charge in [-0.1, -0.05) is 96.1 Å². The van der Waals surface area contributed by atoms with Crippen molar-refractivity contribution in [2.24, 2.45) is 5.11 Å². The van der Waals surface area contributed by atoms with E-state index >= 15 is 0 Å². The van der Waals surface area contributed by atoms with Gasteiger partial charge in [-0.2, -0.15) is 132 Å². The van der Waals surface area contributed by atoms with Crippen LogP contribution in [0.3, 0.4) is 0 Å². The zero-order valence-electron chi connectivity index (χ0n) is 40.7. The summed E-state index contributed by atoms with van der Waals surface area (Å²) in [4.78, 5) is 31.6. The van der Waals surface area contributed by atoms with Crippen molar-refractivity contribution in [1.29, 1.82) is 0 Å². The van der Waals surface area contributed by atoms with Crippen molar-refractivity contribution in [1.82, 2.24) is 4.98 Å². The Morgan fingerprint density at radius 3 is 1.11 bits per heavy atom. The molecule has 6 aromatic carbocycles. The second kappa shape index (κ2) is 23.1. The summed E-state index contributed by atoms with van der Waals surface area (Å²) in [5, 5.41) is 3.46. The van der Waals surface area contributed by atoms with Crippen molar-refractivity contribution in [3.63, 3.8) is 0 Å². The minimum atomic E-state index is -6.13. The van der Waals surface area contributed by atoms with E-state index in [2.05, 4.69) is 15.0 Å². The number of carbonyl (C=O) groups excluding carboxylic acids is 2. The topological polar surface area (TPSA) is 109 Å².